The Hall–Kier alpha value is -2.63. The van der Waals surface area contributed by atoms with Gasteiger partial charge in [-0.25, -0.2) is 0 Å². The maximum absolute atomic E-state index is 12.5. The topological polar surface area (TPSA) is 92.7 Å². The van der Waals surface area contributed by atoms with E-state index in [0.717, 1.165) is 103 Å². The highest BCUT2D eigenvalue weighted by Gasteiger charge is 2.14. The maximum Gasteiger partial charge on any atom is 0.322 e. The lowest BCUT2D eigenvalue weighted by Gasteiger charge is -2.18. The van der Waals surface area contributed by atoms with Crippen molar-refractivity contribution in [2.75, 3.05) is 6.54 Å². The third-order valence-electron chi connectivity index (χ3n) is 7.02. The van der Waals surface area contributed by atoms with Crippen LogP contribution in [0.5, 0.6) is 0 Å². The Labute approximate surface area is 257 Å². The van der Waals surface area contributed by atoms with E-state index in [1.807, 2.05) is 0 Å². The van der Waals surface area contributed by atoms with Crippen LogP contribution in [0.4, 0.5) is 0 Å². The summed E-state index contributed by atoms with van der Waals surface area (Å²) in [6, 6.07) is 0. The van der Waals surface area contributed by atoms with Crippen molar-refractivity contribution in [2.24, 2.45) is 0 Å². The first kappa shape index (κ1) is 39.4. The largest absolute Gasteiger partial charge is 0.480 e. The summed E-state index contributed by atoms with van der Waals surface area (Å²) in [5.41, 5.74) is 0. The zero-order chi connectivity index (χ0) is 30.9. The number of aliphatic carboxylic acids is 1. The van der Waals surface area contributed by atoms with Gasteiger partial charge in [-0.1, -0.05) is 107 Å². The number of hydrogen-bond donors (Lipinski definition) is 2. The van der Waals surface area contributed by atoms with Crippen LogP contribution >= 0.6 is 0 Å². The van der Waals surface area contributed by atoms with E-state index in [9.17, 15) is 14.4 Å². The van der Waals surface area contributed by atoms with Crippen molar-refractivity contribution in [1.29, 1.82) is 0 Å². The molecule has 0 saturated carbocycles. The number of carboxylic acid groups (broad SMARTS) is 1. The second kappa shape index (κ2) is 31.3. The molecular weight excluding hydrogens is 526 g/mol. The number of carbonyl (C=O) groups excluding carboxylic acids is 2. The number of esters is 1. The summed E-state index contributed by atoms with van der Waals surface area (Å²) in [7, 11) is 0. The van der Waals surface area contributed by atoms with Crippen molar-refractivity contribution < 1.29 is 24.2 Å². The Morgan fingerprint density at radius 1 is 0.643 bits per heavy atom. The summed E-state index contributed by atoms with van der Waals surface area (Å²) >= 11 is 0. The first-order chi connectivity index (χ1) is 20.5. The predicted octanol–water partition coefficient (Wildman–Crippen LogP) is 9.56. The van der Waals surface area contributed by atoms with Crippen LogP contribution in [0.25, 0.3) is 0 Å². The Morgan fingerprint density at radius 2 is 1.17 bits per heavy atom. The molecule has 6 heteroatoms. The number of rotatable bonds is 29. The highest BCUT2D eigenvalue weighted by Crippen LogP contribution is 2.17. The SMILES string of the molecule is CC/C=C\C/C=C\C/C=C\C/C=C\CCCCCCC(=O)OC(CCCCCC)CCCCCCC(=O)NCC(=O)O. The van der Waals surface area contributed by atoms with E-state index in [1.165, 1.54) is 19.3 Å². The fraction of sp³-hybridized carbons (Fsp3) is 0.694. The highest BCUT2D eigenvalue weighted by molar-refractivity contribution is 5.80. The van der Waals surface area contributed by atoms with Crippen LogP contribution < -0.4 is 5.32 Å². The number of ether oxygens (including phenoxy) is 1. The van der Waals surface area contributed by atoms with Gasteiger partial charge in [0.25, 0.3) is 0 Å². The third-order valence-corrected chi connectivity index (χ3v) is 7.02. The van der Waals surface area contributed by atoms with Gasteiger partial charge in [0.05, 0.1) is 0 Å². The van der Waals surface area contributed by atoms with Gasteiger partial charge in [0, 0.05) is 12.8 Å². The van der Waals surface area contributed by atoms with Crippen molar-refractivity contribution in [3.8, 4) is 0 Å². The molecular formula is C36H61NO5. The fourth-order valence-electron chi connectivity index (χ4n) is 4.56. The van der Waals surface area contributed by atoms with Crippen molar-refractivity contribution >= 4 is 17.8 Å². The Balaban J connectivity index is 3.98. The van der Waals surface area contributed by atoms with Gasteiger partial charge in [-0.15, -0.1) is 0 Å². The molecule has 1 atom stereocenters. The molecule has 42 heavy (non-hydrogen) atoms. The monoisotopic (exact) mass is 587 g/mol. The van der Waals surface area contributed by atoms with Crippen LogP contribution in [0.1, 0.15) is 149 Å². The smallest absolute Gasteiger partial charge is 0.322 e. The van der Waals surface area contributed by atoms with Gasteiger partial charge < -0.3 is 15.2 Å². The summed E-state index contributed by atoms with van der Waals surface area (Å²) in [6.07, 6.45) is 38.1. The average molecular weight is 588 g/mol. The summed E-state index contributed by atoms with van der Waals surface area (Å²) in [4.78, 5) is 34.6. The third kappa shape index (κ3) is 30.3. The molecule has 2 N–H and O–H groups in total. The molecule has 0 fully saturated rings. The highest BCUT2D eigenvalue weighted by atomic mass is 16.5. The molecule has 0 heterocycles. The number of hydrogen-bond acceptors (Lipinski definition) is 4. The lowest BCUT2D eigenvalue weighted by Crippen LogP contribution is -2.28. The van der Waals surface area contributed by atoms with Crippen molar-refractivity contribution in [3.63, 3.8) is 0 Å². The standard InChI is InChI=1S/C36H61NO5/c1-3-5-7-9-10-11-12-13-14-15-16-17-18-19-20-21-27-31-36(41)42-33(28-24-8-6-4-2)29-25-22-23-26-30-34(38)37-32-35(39)40/h5,7,10-11,13-14,16-17,33H,3-4,6,8-9,12,15,18-32H2,1-2H3,(H,37,38)(H,39,40)/b7-5-,11-10-,14-13-,17-16-. The van der Waals surface area contributed by atoms with Gasteiger partial charge in [-0.05, 0) is 77.0 Å². The average Bonchev–Trinajstić information content (AvgIpc) is 2.97. The number of nitrogens with one attached hydrogen (secondary N) is 1. The molecule has 1 amide bonds. The second-order valence-corrected chi connectivity index (χ2v) is 11.0. The molecule has 6 nitrogen and oxygen atoms in total. The zero-order valence-corrected chi connectivity index (χ0v) is 26.8. The Kier molecular flexibility index (Phi) is 29.3. The summed E-state index contributed by atoms with van der Waals surface area (Å²) in [6.45, 7) is 4.02. The van der Waals surface area contributed by atoms with Gasteiger partial charge in [0.15, 0.2) is 0 Å². The summed E-state index contributed by atoms with van der Waals surface area (Å²) in [5, 5.41) is 11.0. The number of unbranched alkanes of at least 4 members (excludes halogenated alkanes) is 10. The van der Waals surface area contributed by atoms with E-state index in [2.05, 4.69) is 67.8 Å². The lowest BCUT2D eigenvalue weighted by atomic mass is 10.0. The molecule has 0 bridgehead atoms. The molecule has 0 spiro atoms. The van der Waals surface area contributed by atoms with Gasteiger partial charge in [0.2, 0.25) is 5.91 Å². The second-order valence-electron chi connectivity index (χ2n) is 11.0. The van der Waals surface area contributed by atoms with Crippen LogP contribution in [-0.4, -0.2) is 35.6 Å². The molecule has 0 radical (unpaired) electrons. The Morgan fingerprint density at radius 3 is 1.76 bits per heavy atom. The molecule has 0 aromatic heterocycles. The number of allylic oxidation sites excluding steroid dienone is 8. The van der Waals surface area contributed by atoms with Crippen LogP contribution in [0.3, 0.4) is 0 Å². The van der Waals surface area contributed by atoms with Gasteiger partial charge in [-0.2, -0.15) is 0 Å². The molecule has 1 unspecified atom stereocenters. The van der Waals surface area contributed by atoms with Gasteiger partial charge >= 0.3 is 11.9 Å². The van der Waals surface area contributed by atoms with E-state index in [-0.39, 0.29) is 24.5 Å². The van der Waals surface area contributed by atoms with E-state index in [4.69, 9.17) is 9.84 Å². The van der Waals surface area contributed by atoms with Crippen molar-refractivity contribution in [2.45, 2.75) is 155 Å². The van der Waals surface area contributed by atoms with Crippen LogP contribution in [-0.2, 0) is 19.1 Å². The lowest BCUT2D eigenvalue weighted by molar-refractivity contribution is -0.150. The summed E-state index contributed by atoms with van der Waals surface area (Å²) in [5.74, 6) is -1.31. The van der Waals surface area contributed by atoms with Crippen molar-refractivity contribution in [3.05, 3.63) is 48.6 Å². The normalized spacial score (nSPS) is 12.6. The first-order valence-corrected chi connectivity index (χ1v) is 16.8. The molecule has 0 aliphatic heterocycles. The molecule has 0 saturated heterocycles. The molecule has 0 aliphatic carbocycles. The fourth-order valence-corrected chi connectivity index (χ4v) is 4.56. The number of amides is 1. The van der Waals surface area contributed by atoms with Crippen LogP contribution in [0.2, 0.25) is 0 Å². The van der Waals surface area contributed by atoms with E-state index >= 15 is 0 Å². The van der Waals surface area contributed by atoms with Crippen LogP contribution in [0.15, 0.2) is 48.6 Å². The van der Waals surface area contributed by atoms with Crippen molar-refractivity contribution in [1.82, 2.24) is 5.32 Å². The molecule has 0 aliphatic rings. The Bertz CT molecular complexity index is 784. The molecule has 0 aromatic rings. The first-order valence-electron chi connectivity index (χ1n) is 16.8. The van der Waals surface area contributed by atoms with E-state index in [1.54, 1.807) is 0 Å². The summed E-state index contributed by atoms with van der Waals surface area (Å²) < 4.78 is 5.88. The number of carboxylic acids is 1. The molecule has 0 aromatic carbocycles. The van der Waals surface area contributed by atoms with Gasteiger partial charge in [-0.3, -0.25) is 14.4 Å². The molecule has 0 rings (SSSR count). The number of carbonyl (C=O) groups is 3. The molecule has 240 valence electrons. The quantitative estimate of drug-likeness (QED) is 0.0516. The van der Waals surface area contributed by atoms with E-state index in [0.29, 0.717) is 12.8 Å². The van der Waals surface area contributed by atoms with Gasteiger partial charge in [0.1, 0.15) is 12.6 Å². The van der Waals surface area contributed by atoms with Crippen LogP contribution in [0, 0.1) is 0 Å². The zero-order valence-electron chi connectivity index (χ0n) is 26.8. The van der Waals surface area contributed by atoms with E-state index < -0.39 is 5.97 Å². The minimum absolute atomic E-state index is 0.00798. The minimum Gasteiger partial charge on any atom is -0.480 e. The predicted molar refractivity (Wildman–Crippen MR) is 175 cm³/mol. The minimum atomic E-state index is -1.03. The maximum atomic E-state index is 12.5.